The zero-order valence-corrected chi connectivity index (χ0v) is 15.3. The molecule has 0 saturated heterocycles. The van der Waals surface area contributed by atoms with Crippen LogP contribution in [0.4, 0.5) is 0 Å². The summed E-state index contributed by atoms with van der Waals surface area (Å²) in [5, 5.41) is 3.28. The van der Waals surface area contributed by atoms with Crippen molar-refractivity contribution in [2.75, 3.05) is 40.0 Å². The highest BCUT2D eigenvalue weighted by Crippen LogP contribution is 2.18. The summed E-state index contributed by atoms with van der Waals surface area (Å²) in [6, 6.07) is 7.08. The summed E-state index contributed by atoms with van der Waals surface area (Å²) in [4.78, 5) is 13.8. The van der Waals surface area contributed by atoms with Gasteiger partial charge in [-0.25, -0.2) is 8.42 Å². The number of rotatable bonds is 9. The fraction of sp³-hybridized carbons (Fsp3) is 0.533. The van der Waals surface area contributed by atoms with Gasteiger partial charge in [0.1, 0.15) is 0 Å². The van der Waals surface area contributed by atoms with E-state index in [1.165, 1.54) is 4.31 Å². The monoisotopic (exact) mass is 361 g/mol. The van der Waals surface area contributed by atoms with E-state index in [0.29, 0.717) is 17.1 Å². The van der Waals surface area contributed by atoms with Gasteiger partial charge in [0.05, 0.1) is 6.26 Å². The summed E-state index contributed by atoms with van der Waals surface area (Å²) in [7, 11) is 0.413. The lowest BCUT2D eigenvalue weighted by atomic mass is 10.2. The van der Waals surface area contributed by atoms with Crippen molar-refractivity contribution in [3.8, 4) is 0 Å². The Balaban J connectivity index is 2.60. The van der Waals surface area contributed by atoms with Crippen LogP contribution in [0.5, 0.6) is 0 Å². The maximum atomic E-state index is 11.9. The first-order chi connectivity index (χ1) is 10.7. The van der Waals surface area contributed by atoms with E-state index in [0.717, 1.165) is 12.8 Å². The summed E-state index contributed by atoms with van der Waals surface area (Å²) < 4.78 is 25.1. The maximum Gasteiger partial charge on any atom is 0.221 e. The van der Waals surface area contributed by atoms with Crippen molar-refractivity contribution in [3.63, 3.8) is 0 Å². The van der Waals surface area contributed by atoms with Crippen LogP contribution in [-0.4, -0.2) is 63.5 Å². The van der Waals surface area contributed by atoms with E-state index in [1.54, 1.807) is 24.3 Å². The molecule has 0 bridgehead atoms. The number of halogens is 1. The number of benzene rings is 1. The minimum atomic E-state index is -3.42. The lowest BCUT2D eigenvalue weighted by Gasteiger charge is -2.20. The molecule has 6 nitrogen and oxygen atoms in total. The fourth-order valence-electron chi connectivity index (χ4n) is 1.91. The molecule has 0 unspecified atom stereocenters. The van der Waals surface area contributed by atoms with Crippen LogP contribution in [0.15, 0.2) is 24.3 Å². The lowest BCUT2D eigenvalue weighted by Crippen LogP contribution is -2.36. The molecule has 8 heteroatoms. The maximum absolute atomic E-state index is 11.9. The molecule has 1 rings (SSSR count). The van der Waals surface area contributed by atoms with Crippen molar-refractivity contribution in [2.45, 2.75) is 13.0 Å². The Hall–Kier alpha value is -1.15. The van der Waals surface area contributed by atoms with Crippen LogP contribution in [0.25, 0.3) is 0 Å². The minimum absolute atomic E-state index is 0.116. The highest BCUT2D eigenvalue weighted by molar-refractivity contribution is 7.88. The number of nitrogens with zero attached hydrogens (tertiary/aromatic N) is 2. The van der Waals surface area contributed by atoms with Crippen molar-refractivity contribution >= 4 is 27.5 Å². The number of carbonyl (C=O) groups is 1. The molecule has 0 radical (unpaired) electrons. The van der Waals surface area contributed by atoms with Gasteiger partial charge in [0.2, 0.25) is 15.9 Å². The normalized spacial score (nSPS) is 11.9. The summed E-state index contributed by atoms with van der Waals surface area (Å²) in [5.41, 5.74) is 0.715. The highest BCUT2D eigenvalue weighted by Gasteiger charge is 2.19. The molecule has 130 valence electrons. The molecule has 0 spiro atoms. The second-order valence-electron chi connectivity index (χ2n) is 5.59. The predicted molar refractivity (Wildman–Crippen MR) is 92.9 cm³/mol. The quantitative estimate of drug-likeness (QED) is 0.716. The van der Waals surface area contributed by atoms with Gasteiger partial charge in [-0.05, 0) is 25.7 Å². The summed E-state index contributed by atoms with van der Waals surface area (Å²) in [6.07, 6.45) is 1.25. The molecule has 1 amide bonds. The van der Waals surface area contributed by atoms with Gasteiger partial charge in [-0.3, -0.25) is 4.79 Å². The number of nitrogens with one attached hydrogen (secondary N) is 1. The van der Waals surface area contributed by atoms with Gasteiger partial charge in [0, 0.05) is 37.6 Å². The number of hydrogen-bond acceptors (Lipinski definition) is 4. The number of sulfonamides is 1. The number of amides is 1. The molecule has 0 aliphatic carbocycles. The summed E-state index contributed by atoms with van der Waals surface area (Å²) in [5.74, 6) is -0.167. The Morgan fingerprint density at radius 1 is 1.22 bits per heavy atom. The molecule has 23 heavy (non-hydrogen) atoms. The molecule has 1 aromatic rings. The van der Waals surface area contributed by atoms with E-state index < -0.39 is 10.0 Å². The standard InChI is InChI=1S/C15H24ClN3O3S/c1-18(2)11-9-17-15(20)8-10-19(23(3,21)22)12-13-6-4-5-7-14(13)16/h4-7H,8-12H2,1-3H3,(H,17,20). The Morgan fingerprint density at radius 3 is 2.43 bits per heavy atom. The van der Waals surface area contributed by atoms with E-state index in [-0.39, 0.29) is 25.4 Å². The molecule has 0 heterocycles. The summed E-state index contributed by atoms with van der Waals surface area (Å²) >= 11 is 6.07. The smallest absolute Gasteiger partial charge is 0.221 e. The first-order valence-corrected chi connectivity index (χ1v) is 9.52. The first-order valence-electron chi connectivity index (χ1n) is 7.30. The first kappa shape index (κ1) is 19.9. The zero-order chi connectivity index (χ0) is 17.5. The van der Waals surface area contributed by atoms with Gasteiger partial charge in [0.15, 0.2) is 0 Å². The van der Waals surface area contributed by atoms with Gasteiger partial charge in [-0.1, -0.05) is 29.8 Å². The molecule has 0 fully saturated rings. The highest BCUT2D eigenvalue weighted by atomic mass is 35.5. The molecule has 1 aromatic carbocycles. The van der Waals surface area contributed by atoms with Crippen molar-refractivity contribution in [1.82, 2.24) is 14.5 Å². The Morgan fingerprint density at radius 2 is 1.87 bits per heavy atom. The van der Waals surface area contributed by atoms with Crippen LogP contribution in [0.1, 0.15) is 12.0 Å². The van der Waals surface area contributed by atoms with E-state index in [2.05, 4.69) is 5.32 Å². The van der Waals surface area contributed by atoms with Crippen molar-refractivity contribution < 1.29 is 13.2 Å². The third-order valence-electron chi connectivity index (χ3n) is 3.24. The van der Waals surface area contributed by atoms with Crippen LogP contribution < -0.4 is 5.32 Å². The molecule has 0 atom stereocenters. The largest absolute Gasteiger partial charge is 0.355 e. The second kappa shape index (κ2) is 9.22. The Bertz CT molecular complexity index is 620. The molecular weight excluding hydrogens is 338 g/mol. The fourth-order valence-corrected chi connectivity index (χ4v) is 2.90. The van der Waals surface area contributed by atoms with Crippen molar-refractivity contribution in [2.24, 2.45) is 0 Å². The van der Waals surface area contributed by atoms with E-state index in [4.69, 9.17) is 11.6 Å². The average molecular weight is 362 g/mol. The summed E-state index contributed by atoms with van der Waals surface area (Å²) in [6.45, 7) is 1.55. The molecule has 0 aliphatic rings. The average Bonchev–Trinajstić information content (AvgIpc) is 2.43. The number of carbonyl (C=O) groups excluding carboxylic acids is 1. The van der Waals surface area contributed by atoms with E-state index in [1.807, 2.05) is 19.0 Å². The van der Waals surface area contributed by atoms with Crippen LogP contribution in [0.3, 0.4) is 0 Å². The Kier molecular flexibility index (Phi) is 7.98. The number of likely N-dealkylation sites (N-methyl/N-ethyl adjacent to an activating group) is 1. The van der Waals surface area contributed by atoms with Crippen molar-refractivity contribution in [1.29, 1.82) is 0 Å². The molecule has 0 aromatic heterocycles. The molecular formula is C15H24ClN3O3S. The van der Waals surface area contributed by atoms with Gasteiger partial charge < -0.3 is 10.2 Å². The minimum Gasteiger partial charge on any atom is -0.355 e. The third-order valence-corrected chi connectivity index (χ3v) is 4.86. The van der Waals surface area contributed by atoms with Gasteiger partial charge >= 0.3 is 0 Å². The van der Waals surface area contributed by atoms with Crippen molar-refractivity contribution in [3.05, 3.63) is 34.9 Å². The van der Waals surface area contributed by atoms with E-state index in [9.17, 15) is 13.2 Å². The third kappa shape index (κ3) is 7.78. The Labute approximate surface area is 143 Å². The molecule has 0 aliphatic heterocycles. The topological polar surface area (TPSA) is 69.7 Å². The second-order valence-corrected chi connectivity index (χ2v) is 7.98. The van der Waals surface area contributed by atoms with Gasteiger partial charge in [-0.15, -0.1) is 0 Å². The van der Waals surface area contributed by atoms with E-state index >= 15 is 0 Å². The molecule has 0 saturated carbocycles. The van der Waals surface area contributed by atoms with Crippen LogP contribution in [0.2, 0.25) is 5.02 Å². The van der Waals surface area contributed by atoms with Gasteiger partial charge in [-0.2, -0.15) is 4.31 Å². The SMILES string of the molecule is CN(C)CCNC(=O)CCN(Cc1ccccc1Cl)S(C)(=O)=O. The molecule has 1 N–H and O–H groups in total. The number of hydrogen-bond donors (Lipinski definition) is 1. The van der Waals surface area contributed by atoms with Crippen LogP contribution in [0, 0.1) is 0 Å². The van der Waals surface area contributed by atoms with Crippen LogP contribution in [-0.2, 0) is 21.4 Å². The lowest BCUT2D eigenvalue weighted by molar-refractivity contribution is -0.121. The predicted octanol–water partition coefficient (Wildman–Crippen LogP) is 1.17. The van der Waals surface area contributed by atoms with Crippen LogP contribution >= 0.6 is 11.6 Å². The zero-order valence-electron chi connectivity index (χ0n) is 13.8. The van der Waals surface area contributed by atoms with Gasteiger partial charge in [0.25, 0.3) is 0 Å².